The molecule has 1 aliphatic rings. The number of hydrogen-bond acceptors (Lipinski definition) is 5. The predicted molar refractivity (Wildman–Crippen MR) is 121 cm³/mol. The number of pyridine rings is 1. The summed E-state index contributed by atoms with van der Waals surface area (Å²) in [5.74, 6) is 0.0899. The number of hydrogen-bond donors (Lipinski definition) is 0. The first kappa shape index (κ1) is 21.5. The molecule has 0 N–H and O–H groups in total. The molecule has 4 heterocycles. The van der Waals surface area contributed by atoms with Crippen molar-refractivity contribution in [3.8, 4) is 0 Å². The number of carbonyl (C=O) groups is 1. The second-order valence-electron chi connectivity index (χ2n) is 8.44. The molecule has 0 saturated carbocycles. The molecule has 1 fully saturated rings. The van der Waals surface area contributed by atoms with Gasteiger partial charge in [-0.2, -0.15) is 10.2 Å². The summed E-state index contributed by atoms with van der Waals surface area (Å²) in [4.78, 5) is 22.6. The van der Waals surface area contributed by atoms with Gasteiger partial charge in [-0.3, -0.25) is 14.4 Å². The Morgan fingerprint density at radius 3 is 2.58 bits per heavy atom. The van der Waals surface area contributed by atoms with Gasteiger partial charge in [-0.25, -0.2) is 9.67 Å². The highest BCUT2D eigenvalue weighted by molar-refractivity contribution is 6.06. The SMILES string of the molecule is CCCCn1nc(C)c2c(C(=O)N3CCN(Cc4cnn(CC)c4)CC3)cc(C)nc21. The molecule has 3 aromatic heterocycles. The Balaban J connectivity index is 1.49. The molecule has 0 aromatic carbocycles. The summed E-state index contributed by atoms with van der Waals surface area (Å²) in [6.45, 7) is 14.0. The highest BCUT2D eigenvalue weighted by Crippen LogP contribution is 2.24. The first-order valence-electron chi connectivity index (χ1n) is 11.4. The van der Waals surface area contributed by atoms with Gasteiger partial charge in [0, 0.05) is 63.3 Å². The van der Waals surface area contributed by atoms with Crippen molar-refractivity contribution in [3.63, 3.8) is 0 Å². The summed E-state index contributed by atoms with van der Waals surface area (Å²) < 4.78 is 3.92. The Labute approximate surface area is 183 Å². The summed E-state index contributed by atoms with van der Waals surface area (Å²) in [7, 11) is 0. The quantitative estimate of drug-likeness (QED) is 0.584. The number of amides is 1. The van der Waals surface area contributed by atoms with Gasteiger partial charge >= 0.3 is 0 Å². The lowest BCUT2D eigenvalue weighted by molar-refractivity contribution is 0.0630. The molecular weight excluding hydrogens is 390 g/mol. The van der Waals surface area contributed by atoms with Gasteiger partial charge in [0.1, 0.15) is 0 Å². The smallest absolute Gasteiger partial charge is 0.254 e. The predicted octanol–water partition coefficient (Wildman–Crippen LogP) is 3.02. The normalized spacial score (nSPS) is 15.2. The molecule has 4 rings (SSSR count). The van der Waals surface area contributed by atoms with Crippen LogP contribution >= 0.6 is 0 Å². The van der Waals surface area contributed by atoms with Gasteiger partial charge in [-0.15, -0.1) is 0 Å². The maximum atomic E-state index is 13.5. The summed E-state index contributed by atoms with van der Waals surface area (Å²) in [5, 5.41) is 9.96. The second kappa shape index (κ2) is 9.18. The molecule has 0 bridgehead atoms. The van der Waals surface area contributed by atoms with Crippen LogP contribution in [0.1, 0.15) is 54.0 Å². The number of rotatable bonds is 7. The molecule has 1 aliphatic heterocycles. The van der Waals surface area contributed by atoms with E-state index in [0.717, 1.165) is 86.6 Å². The van der Waals surface area contributed by atoms with E-state index in [2.05, 4.69) is 30.0 Å². The number of piperazine rings is 1. The van der Waals surface area contributed by atoms with E-state index in [-0.39, 0.29) is 5.91 Å². The molecule has 0 atom stereocenters. The first-order valence-corrected chi connectivity index (χ1v) is 11.4. The van der Waals surface area contributed by atoms with Crippen LogP contribution in [0, 0.1) is 13.8 Å². The minimum atomic E-state index is 0.0899. The van der Waals surface area contributed by atoms with Crippen molar-refractivity contribution in [2.75, 3.05) is 26.2 Å². The molecule has 8 heteroatoms. The average molecular weight is 424 g/mol. The second-order valence-corrected chi connectivity index (χ2v) is 8.44. The van der Waals surface area contributed by atoms with E-state index in [9.17, 15) is 4.79 Å². The van der Waals surface area contributed by atoms with Crippen LogP contribution in [0.15, 0.2) is 18.5 Å². The molecule has 0 unspecified atom stereocenters. The van der Waals surface area contributed by atoms with Crippen LogP contribution < -0.4 is 0 Å². The van der Waals surface area contributed by atoms with Crippen LogP contribution in [0.5, 0.6) is 0 Å². The highest BCUT2D eigenvalue weighted by atomic mass is 16.2. The Morgan fingerprint density at radius 1 is 1.13 bits per heavy atom. The van der Waals surface area contributed by atoms with Crippen LogP contribution in [0.25, 0.3) is 11.0 Å². The van der Waals surface area contributed by atoms with Gasteiger partial charge in [-0.05, 0) is 33.3 Å². The number of fused-ring (bicyclic) bond motifs is 1. The van der Waals surface area contributed by atoms with Crippen molar-refractivity contribution in [2.24, 2.45) is 0 Å². The molecule has 31 heavy (non-hydrogen) atoms. The van der Waals surface area contributed by atoms with E-state index < -0.39 is 0 Å². The molecule has 3 aromatic rings. The van der Waals surface area contributed by atoms with Crippen LogP contribution in [0.4, 0.5) is 0 Å². The number of carbonyl (C=O) groups excluding carboxylic acids is 1. The molecule has 0 aliphatic carbocycles. The topological polar surface area (TPSA) is 72.1 Å². The molecule has 8 nitrogen and oxygen atoms in total. The first-order chi connectivity index (χ1) is 15.0. The molecule has 0 radical (unpaired) electrons. The van der Waals surface area contributed by atoms with Gasteiger partial charge in [0.05, 0.1) is 22.8 Å². The Morgan fingerprint density at radius 2 is 1.90 bits per heavy atom. The van der Waals surface area contributed by atoms with E-state index in [1.54, 1.807) is 0 Å². The van der Waals surface area contributed by atoms with Gasteiger partial charge in [0.15, 0.2) is 5.65 Å². The van der Waals surface area contributed by atoms with Gasteiger partial charge in [0.25, 0.3) is 5.91 Å². The Bertz CT molecular complexity index is 1060. The van der Waals surface area contributed by atoms with E-state index in [4.69, 9.17) is 10.1 Å². The lowest BCUT2D eigenvalue weighted by Gasteiger charge is -2.34. The maximum absolute atomic E-state index is 13.5. The van der Waals surface area contributed by atoms with E-state index >= 15 is 0 Å². The van der Waals surface area contributed by atoms with Crippen LogP contribution in [-0.4, -0.2) is 66.4 Å². The third-order valence-electron chi connectivity index (χ3n) is 6.04. The zero-order valence-electron chi connectivity index (χ0n) is 19.1. The van der Waals surface area contributed by atoms with E-state index in [1.165, 1.54) is 5.56 Å². The number of aromatic nitrogens is 5. The largest absolute Gasteiger partial charge is 0.336 e. The number of aryl methyl sites for hydroxylation is 4. The highest BCUT2D eigenvalue weighted by Gasteiger charge is 2.26. The third kappa shape index (κ3) is 4.49. The van der Waals surface area contributed by atoms with Crippen LogP contribution in [0.2, 0.25) is 0 Å². The molecule has 1 saturated heterocycles. The lowest BCUT2D eigenvalue weighted by Crippen LogP contribution is -2.48. The minimum absolute atomic E-state index is 0.0899. The Kier molecular flexibility index (Phi) is 6.36. The fourth-order valence-corrected chi connectivity index (χ4v) is 4.31. The maximum Gasteiger partial charge on any atom is 0.254 e. The average Bonchev–Trinajstić information content (AvgIpc) is 3.35. The van der Waals surface area contributed by atoms with E-state index in [1.807, 2.05) is 40.4 Å². The molecular formula is C23H33N7O. The van der Waals surface area contributed by atoms with Crippen molar-refractivity contribution in [1.29, 1.82) is 0 Å². The van der Waals surface area contributed by atoms with Crippen LogP contribution in [-0.2, 0) is 19.6 Å². The van der Waals surface area contributed by atoms with Crippen LogP contribution in [0.3, 0.4) is 0 Å². The number of unbranched alkanes of at least 4 members (excludes halogenated alkanes) is 1. The van der Waals surface area contributed by atoms with Crippen molar-refractivity contribution in [3.05, 3.63) is 41.0 Å². The zero-order valence-corrected chi connectivity index (χ0v) is 19.1. The van der Waals surface area contributed by atoms with Crippen molar-refractivity contribution < 1.29 is 4.79 Å². The summed E-state index contributed by atoms with van der Waals surface area (Å²) >= 11 is 0. The summed E-state index contributed by atoms with van der Waals surface area (Å²) in [5.41, 5.74) is 4.54. The van der Waals surface area contributed by atoms with Crippen molar-refractivity contribution in [1.82, 2.24) is 34.3 Å². The molecule has 1 amide bonds. The fraction of sp³-hybridized carbons (Fsp3) is 0.565. The monoisotopic (exact) mass is 423 g/mol. The van der Waals surface area contributed by atoms with Crippen molar-refractivity contribution in [2.45, 2.75) is 60.2 Å². The van der Waals surface area contributed by atoms with Gasteiger partial charge in [-0.1, -0.05) is 13.3 Å². The minimum Gasteiger partial charge on any atom is -0.336 e. The van der Waals surface area contributed by atoms with Gasteiger partial charge < -0.3 is 4.90 Å². The molecule has 0 spiro atoms. The number of nitrogens with zero attached hydrogens (tertiary/aromatic N) is 7. The zero-order chi connectivity index (χ0) is 22.0. The summed E-state index contributed by atoms with van der Waals surface area (Å²) in [6.07, 6.45) is 6.19. The van der Waals surface area contributed by atoms with Gasteiger partial charge in [0.2, 0.25) is 0 Å². The van der Waals surface area contributed by atoms with E-state index in [0.29, 0.717) is 0 Å². The summed E-state index contributed by atoms with van der Waals surface area (Å²) in [6, 6.07) is 1.93. The standard InChI is InChI=1S/C23H33N7O/c1-5-7-8-30-22-21(18(4)26-30)20(13-17(3)25-22)23(31)28-11-9-27(10-12-28)15-19-14-24-29(6-2)16-19/h13-14,16H,5-12,15H2,1-4H3. The van der Waals surface area contributed by atoms with Crippen molar-refractivity contribution >= 4 is 16.9 Å². The molecule has 166 valence electrons. The fourth-order valence-electron chi connectivity index (χ4n) is 4.31. The lowest BCUT2D eigenvalue weighted by atomic mass is 10.1. The Hall–Kier alpha value is -2.74. The third-order valence-corrected chi connectivity index (χ3v) is 6.04.